The fraction of sp³-hybridized carbons (Fsp3) is 0.400. The molecule has 2 atom stereocenters. The van der Waals surface area contributed by atoms with Crippen molar-refractivity contribution in [2.75, 3.05) is 44.4 Å². The van der Waals surface area contributed by atoms with E-state index in [0.29, 0.717) is 35.3 Å². The van der Waals surface area contributed by atoms with Crippen molar-refractivity contribution in [3.05, 3.63) is 66.1 Å². The molecule has 1 aromatic carbocycles. The Morgan fingerprint density at radius 2 is 1.83 bits per heavy atom. The molecule has 0 bridgehead atoms. The zero-order valence-electron chi connectivity index (χ0n) is 23.9. The fourth-order valence-corrected chi connectivity index (χ4v) is 5.18. The van der Waals surface area contributed by atoms with Crippen LogP contribution in [0.1, 0.15) is 48.5 Å². The number of hydrogen-bond acceptors (Lipinski definition) is 9. The van der Waals surface area contributed by atoms with E-state index in [4.69, 9.17) is 0 Å². The molecule has 1 saturated heterocycles. The van der Waals surface area contributed by atoms with Crippen LogP contribution in [0.5, 0.6) is 0 Å². The topological polar surface area (TPSA) is 121 Å². The first kappa shape index (κ1) is 28.3. The number of amides is 1. The average Bonchev–Trinajstić information content (AvgIpc) is 3.00. The third kappa shape index (κ3) is 6.40. The van der Waals surface area contributed by atoms with E-state index in [2.05, 4.69) is 66.7 Å². The second-order valence-corrected chi connectivity index (χ2v) is 10.8. The van der Waals surface area contributed by atoms with Gasteiger partial charge < -0.3 is 20.9 Å². The molecule has 1 unspecified atom stereocenters. The molecule has 4 aromatic rings. The molecule has 41 heavy (non-hydrogen) atoms. The molecule has 1 aliphatic heterocycles. The van der Waals surface area contributed by atoms with Crippen LogP contribution in [0.2, 0.25) is 0 Å². The van der Waals surface area contributed by atoms with Crippen LogP contribution in [0.25, 0.3) is 22.2 Å². The minimum atomic E-state index is -0.635. The number of carbonyl (C=O) groups excluding carboxylic acids is 1. The lowest BCUT2D eigenvalue weighted by atomic mass is 9.87. The van der Waals surface area contributed by atoms with Crippen LogP contribution in [-0.4, -0.2) is 75.5 Å². The second-order valence-electron chi connectivity index (χ2n) is 10.8. The summed E-state index contributed by atoms with van der Waals surface area (Å²) in [4.78, 5) is 36.9. The van der Waals surface area contributed by atoms with Crippen molar-refractivity contribution in [3.63, 3.8) is 0 Å². The molecule has 1 amide bonds. The largest absolute Gasteiger partial charge is 0.370 e. The molecule has 0 spiro atoms. The van der Waals surface area contributed by atoms with E-state index in [1.807, 2.05) is 18.2 Å². The number of hydrogen-bond donors (Lipinski definition) is 3. The number of benzene rings is 1. The predicted octanol–water partition coefficient (Wildman–Crippen LogP) is 4.34. The molecule has 3 N–H and O–H groups in total. The first-order valence-corrected chi connectivity index (χ1v) is 14.0. The Balaban J connectivity index is 1.24. The molecule has 11 heteroatoms. The van der Waals surface area contributed by atoms with E-state index in [1.165, 1.54) is 13.4 Å². The third-order valence-electron chi connectivity index (χ3n) is 7.95. The number of fused-ring (bicyclic) bond motifs is 1. The van der Waals surface area contributed by atoms with E-state index in [1.54, 1.807) is 18.5 Å². The van der Waals surface area contributed by atoms with Crippen LogP contribution in [0.4, 0.5) is 16.2 Å². The highest BCUT2D eigenvalue weighted by atomic mass is 19.1. The summed E-state index contributed by atoms with van der Waals surface area (Å²) < 4.78 is 14.5. The molecular formula is C30H36FN9O. The maximum absolute atomic E-state index is 14.5. The summed E-state index contributed by atoms with van der Waals surface area (Å²) in [7, 11) is 3.63. The maximum Gasteiger partial charge on any atom is 0.254 e. The van der Waals surface area contributed by atoms with Gasteiger partial charge in [-0.25, -0.2) is 24.3 Å². The number of anilines is 2. The minimum Gasteiger partial charge on any atom is -0.370 e. The Kier molecular flexibility index (Phi) is 8.63. The minimum absolute atomic E-state index is 0.0143. The molecule has 0 radical (unpaired) electrons. The van der Waals surface area contributed by atoms with E-state index in [0.717, 1.165) is 48.9 Å². The lowest BCUT2D eigenvalue weighted by Crippen LogP contribution is -2.37. The van der Waals surface area contributed by atoms with Crippen LogP contribution in [0.15, 0.2) is 49.2 Å². The summed E-state index contributed by atoms with van der Waals surface area (Å²) in [5, 5.41) is 9.88. The highest BCUT2D eigenvalue weighted by Crippen LogP contribution is 2.32. The molecule has 10 nitrogen and oxygen atoms in total. The van der Waals surface area contributed by atoms with Gasteiger partial charge in [0.1, 0.15) is 12.1 Å². The maximum atomic E-state index is 14.5. The van der Waals surface area contributed by atoms with Crippen LogP contribution >= 0.6 is 0 Å². The Morgan fingerprint density at radius 3 is 2.56 bits per heavy atom. The summed E-state index contributed by atoms with van der Waals surface area (Å²) in [6, 6.07) is 7.84. The van der Waals surface area contributed by atoms with Gasteiger partial charge in [0.05, 0.1) is 23.0 Å². The number of nitrogens with one attached hydrogen (secondary N) is 3. The molecule has 3 aromatic heterocycles. The normalized spacial score (nSPS) is 15.8. The standard InChI is InChI=1S/C30H36FN9O/c1-18(19(2)22-6-5-7-23-27(29(41)32-3)24(31)16-34-28(22)23)13-33-26-12-25(37-17-38-26)20-14-35-30(36-15-20)39-21-8-10-40(4)11-9-21/h5-7,12,14-19,21H,8-11,13H2,1-4H3,(H,32,41)(H,33,37,38)(H,35,36,39)/t18-,19?/m1/s1. The van der Waals surface area contributed by atoms with Gasteiger partial charge in [0.2, 0.25) is 5.95 Å². The van der Waals surface area contributed by atoms with Gasteiger partial charge >= 0.3 is 0 Å². The fourth-order valence-electron chi connectivity index (χ4n) is 5.18. The lowest BCUT2D eigenvalue weighted by molar-refractivity contribution is 0.0960. The Bertz CT molecular complexity index is 1510. The average molecular weight is 558 g/mol. The van der Waals surface area contributed by atoms with Crippen molar-refractivity contribution in [2.45, 2.75) is 38.6 Å². The Hall–Kier alpha value is -4.25. The number of para-hydroxylation sites is 1. The second kappa shape index (κ2) is 12.5. The number of nitrogens with zero attached hydrogens (tertiary/aromatic N) is 6. The monoisotopic (exact) mass is 557 g/mol. The smallest absolute Gasteiger partial charge is 0.254 e. The molecule has 0 saturated carbocycles. The SMILES string of the molecule is CNC(=O)c1c(F)cnc2c(C(C)[C@H](C)CNc3cc(-c4cnc(NC5CCN(C)CC5)nc4)ncn3)cccc12. The van der Waals surface area contributed by atoms with E-state index in [-0.39, 0.29) is 17.4 Å². The molecular weight excluding hydrogens is 521 g/mol. The van der Waals surface area contributed by atoms with Gasteiger partial charge in [-0.1, -0.05) is 32.0 Å². The number of rotatable bonds is 9. The van der Waals surface area contributed by atoms with Crippen molar-refractivity contribution in [3.8, 4) is 11.3 Å². The first-order chi connectivity index (χ1) is 19.8. The molecule has 0 aliphatic carbocycles. The predicted molar refractivity (Wildman–Crippen MR) is 158 cm³/mol. The third-order valence-corrected chi connectivity index (χ3v) is 7.95. The van der Waals surface area contributed by atoms with Gasteiger partial charge in [-0.05, 0) is 50.4 Å². The van der Waals surface area contributed by atoms with Crippen molar-refractivity contribution >= 4 is 28.6 Å². The van der Waals surface area contributed by atoms with Gasteiger partial charge in [0.25, 0.3) is 5.91 Å². The molecule has 214 valence electrons. The molecule has 1 aliphatic rings. The number of pyridine rings is 1. The van der Waals surface area contributed by atoms with Crippen LogP contribution in [-0.2, 0) is 0 Å². The Morgan fingerprint density at radius 1 is 1.07 bits per heavy atom. The zero-order valence-corrected chi connectivity index (χ0v) is 23.9. The highest BCUT2D eigenvalue weighted by molar-refractivity contribution is 6.06. The van der Waals surface area contributed by atoms with Gasteiger partial charge in [-0.2, -0.15) is 0 Å². The number of likely N-dealkylation sites (tertiary alicyclic amines) is 1. The van der Waals surface area contributed by atoms with E-state index in [9.17, 15) is 9.18 Å². The van der Waals surface area contributed by atoms with Gasteiger partial charge in [-0.15, -0.1) is 0 Å². The van der Waals surface area contributed by atoms with Crippen LogP contribution in [0, 0.1) is 11.7 Å². The molecule has 5 rings (SSSR count). The summed E-state index contributed by atoms with van der Waals surface area (Å²) in [5.41, 5.74) is 3.14. The van der Waals surface area contributed by atoms with E-state index >= 15 is 0 Å². The number of halogens is 1. The van der Waals surface area contributed by atoms with Gasteiger partial charge in [0.15, 0.2) is 5.82 Å². The summed E-state index contributed by atoms with van der Waals surface area (Å²) >= 11 is 0. The van der Waals surface area contributed by atoms with Crippen LogP contribution < -0.4 is 16.0 Å². The van der Waals surface area contributed by atoms with Crippen molar-refractivity contribution < 1.29 is 9.18 Å². The lowest BCUT2D eigenvalue weighted by Gasteiger charge is -2.29. The number of carbonyl (C=O) groups is 1. The zero-order chi connectivity index (χ0) is 28.9. The first-order valence-electron chi connectivity index (χ1n) is 14.0. The molecule has 4 heterocycles. The summed E-state index contributed by atoms with van der Waals surface area (Å²) in [6.45, 7) is 7.01. The summed E-state index contributed by atoms with van der Waals surface area (Å²) in [5.74, 6) is 0.463. The molecule has 1 fully saturated rings. The number of aromatic nitrogens is 5. The van der Waals surface area contributed by atoms with Gasteiger partial charge in [0, 0.05) is 49.0 Å². The van der Waals surface area contributed by atoms with Crippen LogP contribution in [0.3, 0.4) is 0 Å². The van der Waals surface area contributed by atoms with E-state index < -0.39 is 11.7 Å². The van der Waals surface area contributed by atoms with Crippen molar-refractivity contribution in [1.82, 2.24) is 35.1 Å². The van der Waals surface area contributed by atoms with Crippen molar-refractivity contribution in [2.24, 2.45) is 5.92 Å². The quantitative estimate of drug-likeness (QED) is 0.276. The van der Waals surface area contributed by atoms with Crippen molar-refractivity contribution in [1.29, 1.82) is 0 Å². The summed E-state index contributed by atoms with van der Waals surface area (Å²) in [6.07, 6.45) is 8.36. The number of piperidine rings is 1. The van der Waals surface area contributed by atoms with Gasteiger partial charge in [-0.3, -0.25) is 9.78 Å². The highest BCUT2D eigenvalue weighted by Gasteiger charge is 2.22. The Labute approximate surface area is 239 Å².